The van der Waals surface area contributed by atoms with Gasteiger partial charge in [0.1, 0.15) is 0 Å². The zero-order valence-electron chi connectivity index (χ0n) is 18.6. The molecule has 1 rings (SSSR count). The molecular formula is C23H41O3PS. The summed E-state index contributed by atoms with van der Waals surface area (Å²) in [5.74, 6) is 0.819. The van der Waals surface area contributed by atoms with E-state index in [0.29, 0.717) is 35.2 Å². The zero-order valence-corrected chi connectivity index (χ0v) is 20.4. The van der Waals surface area contributed by atoms with Crippen molar-refractivity contribution in [3.63, 3.8) is 0 Å². The van der Waals surface area contributed by atoms with Crippen LogP contribution < -0.4 is 5.30 Å². The second-order valence-electron chi connectivity index (χ2n) is 7.91. The molecule has 5 heteroatoms. The molecule has 2 unspecified atom stereocenters. The van der Waals surface area contributed by atoms with Crippen LogP contribution in [0.4, 0.5) is 0 Å². The molecule has 0 spiro atoms. The molecule has 0 aliphatic heterocycles. The lowest BCUT2D eigenvalue weighted by atomic mass is 10.0. The van der Waals surface area contributed by atoms with Gasteiger partial charge in [0.05, 0.1) is 18.5 Å². The standard InChI is InChI=1S/C23H41O3PS/c1-6-10-12-20(8-3)17-25-27(24,22-16-19(5)14-15-23(22)28)26-18-21(9-4)13-11-7-2/h14-16,20-21,28H,6-13,17-18H2,1-5H3. The average Bonchev–Trinajstić information content (AvgIpc) is 2.70. The molecule has 2 atom stereocenters. The van der Waals surface area contributed by atoms with Crippen molar-refractivity contribution in [3.8, 4) is 0 Å². The van der Waals surface area contributed by atoms with Gasteiger partial charge in [0.15, 0.2) is 0 Å². The van der Waals surface area contributed by atoms with Gasteiger partial charge in [-0.15, -0.1) is 12.6 Å². The Morgan fingerprint density at radius 3 is 1.86 bits per heavy atom. The first kappa shape index (κ1) is 25.8. The number of hydrogen-bond donors (Lipinski definition) is 1. The minimum absolute atomic E-state index is 0.409. The largest absolute Gasteiger partial charge is 0.362 e. The molecule has 1 aromatic rings. The topological polar surface area (TPSA) is 35.5 Å². The van der Waals surface area contributed by atoms with Crippen molar-refractivity contribution in [1.29, 1.82) is 0 Å². The van der Waals surface area contributed by atoms with Gasteiger partial charge in [-0.05, 0) is 43.7 Å². The van der Waals surface area contributed by atoms with E-state index in [2.05, 4.69) is 40.3 Å². The fourth-order valence-electron chi connectivity index (χ4n) is 3.23. The van der Waals surface area contributed by atoms with Crippen LogP contribution >= 0.6 is 20.2 Å². The van der Waals surface area contributed by atoms with Crippen molar-refractivity contribution in [3.05, 3.63) is 23.8 Å². The number of rotatable bonds is 15. The highest BCUT2D eigenvalue weighted by atomic mass is 32.1. The van der Waals surface area contributed by atoms with Gasteiger partial charge in [0.2, 0.25) is 0 Å². The SMILES string of the molecule is CCCCC(CC)COP(=O)(OCC(CC)CCCC)c1cc(C)ccc1S. The average molecular weight is 429 g/mol. The number of aryl methyl sites for hydroxylation is 1. The summed E-state index contributed by atoms with van der Waals surface area (Å²) >= 11 is 4.55. The predicted octanol–water partition coefficient (Wildman–Crippen LogP) is 7.57. The summed E-state index contributed by atoms with van der Waals surface area (Å²) in [6.45, 7) is 11.7. The summed E-state index contributed by atoms with van der Waals surface area (Å²) < 4.78 is 26.1. The third-order valence-corrected chi connectivity index (χ3v) is 7.98. The first-order chi connectivity index (χ1) is 13.4. The van der Waals surface area contributed by atoms with E-state index in [4.69, 9.17) is 9.05 Å². The summed E-state index contributed by atoms with van der Waals surface area (Å²) in [5.41, 5.74) is 1.04. The highest BCUT2D eigenvalue weighted by Crippen LogP contribution is 2.50. The monoisotopic (exact) mass is 428 g/mol. The second kappa shape index (κ2) is 13.9. The molecule has 0 aromatic heterocycles. The van der Waals surface area contributed by atoms with Crippen LogP contribution in [0, 0.1) is 18.8 Å². The van der Waals surface area contributed by atoms with Crippen LogP contribution in [0.25, 0.3) is 0 Å². The number of hydrogen-bond acceptors (Lipinski definition) is 4. The van der Waals surface area contributed by atoms with E-state index in [0.717, 1.165) is 31.2 Å². The summed E-state index contributed by atoms with van der Waals surface area (Å²) in [7, 11) is -3.41. The van der Waals surface area contributed by atoms with Crippen molar-refractivity contribution < 1.29 is 13.6 Å². The van der Waals surface area contributed by atoms with E-state index in [1.807, 2.05) is 25.1 Å². The number of unbranched alkanes of at least 4 members (excludes halogenated alkanes) is 2. The number of benzene rings is 1. The van der Waals surface area contributed by atoms with Gasteiger partial charge in [-0.25, -0.2) is 0 Å². The first-order valence-corrected chi connectivity index (χ1v) is 13.1. The van der Waals surface area contributed by atoms with Crippen LogP contribution in [-0.2, 0) is 13.6 Å². The second-order valence-corrected chi connectivity index (χ2v) is 10.4. The minimum Gasteiger partial charge on any atom is -0.305 e. The molecular weight excluding hydrogens is 387 g/mol. The van der Waals surface area contributed by atoms with E-state index in [9.17, 15) is 4.57 Å². The maximum Gasteiger partial charge on any atom is 0.362 e. The predicted molar refractivity (Wildman–Crippen MR) is 124 cm³/mol. The zero-order chi connectivity index (χ0) is 21.0. The summed E-state index contributed by atoms with van der Waals surface area (Å²) in [5, 5.41) is 0.603. The summed E-state index contributed by atoms with van der Waals surface area (Å²) in [6.07, 6.45) is 8.92. The quantitative estimate of drug-likeness (QED) is 0.231. The maximum absolute atomic E-state index is 13.9. The molecule has 1 aromatic carbocycles. The van der Waals surface area contributed by atoms with Gasteiger partial charge in [-0.1, -0.05) is 77.8 Å². The van der Waals surface area contributed by atoms with E-state index in [1.165, 1.54) is 25.7 Å². The summed E-state index contributed by atoms with van der Waals surface area (Å²) in [6, 6.07) is 5.77. The van der Waals surface area contributed by atoms with Gasteiger partial charge >= 0.3 is 7.60 Å². The fourth-order valence-corrected chi connectivity index (χ4v) is 5.62. The third kappa shape index (κ3) is 8.61. The Bertz CT molecular complexity index is 582. The van der Waals surface area contributed by atoms with Gasteiger partial charge in [0, 0.05) is 4.90 Å². The van der Waals surface area contributed by atoms with Gasteiger partial charge in [0.25, 0.3) is 0 Å². The van der Waals surface area contributed by atoms with Crippen LogP contribution in [0.1, 0.15) is 84.6 Å². The summed E-state index contributed by atoms with van der Waals surface area (Å²) in [4.78, 5) is 0.678. The molecule has 0 bridgehead atoms. The first-order valence-electron chi connectivity index (χ1n) is 11.1. The Morgan fingerprint density at radius 1 is 0.929 bits per heavy atom. The molecule has 28 heavy (non-hydrogen) atoms. The Kier molecular flexibility index (Phi) is 12.7. The van der Waals surface area contributed by atoms with Crippen molar-refractivity contribution in [2.45, 2.75) is 90.9 Å². The Labute approximate surface area is 178 Å². The Hall–Kier alpha value is -0.280. The molecule has 0 saturated carbocycles. The van der Waals surface area contributed by atoms with Crippen molar-refractivity contribution in [2.75, 3.05) is 13.2 Å². The van der Waals surface area contributed by atoms with Gasteiger partial charge in [-0.2, -0.15) is 0 Å². The molecule has 0 amide bonds. The molecule has 0 radical (unpaired) electrons. The molecule has 0 N–H and O–H groups in total. The van der Waals surface area contributed by atoms with Crippen molar-refractivity contribution in [2.24, 2.45) is 11.8 Å². The normalized spacial score (nSPS) is 15.9. The van der Waals surface area contributed by atoms with E-state index >= 15 is 0 Å². The molecule has 0 heterocycles. The van der Waals surface area contributed by atoms with E-state index < -0.39 is 7.60 Å². The molecule has 0 fully saturated rings. The lowest BCUT2D eigenvalue weighted by Gasteiger charge is -2.25. The molecule has 0 saturated heterocycles. The Balaban J connectivity index is 2.98. The van der Waals surface area contributed by atoms with Gasteiger partial charge in [-0.3, -0.25) is 4.57 Å². The molecule has 0 aliphatic rings. The van der Waals surface area contributed by atoms with Crippen molar-refractivity contribution >= 4 is 25.5 Å². The van der Waals surface area contributed by atoms with Crippen LogP contribution in [0.3, 0.4) is 0 Å². The van der Waals surface area contributed by atoms with Crippen LogP contribution in [-0.4, -0.2) is 13.2 Å². The van der Waals surface area contributed by atoms with Crippen LogP contribution in [0.2, 0.25) is 0 Å². The maximum atomic E-state index is 13.9. The van der Waals surface area contributed by atoms with E-state index in [-0.39, 0.29) is 0 Å². The highest BCUT2D eigenvalue weighted by Gasteiger charge is 2.32. The molecule has 0 aliphatic carbocycles. The Morgan fingerprint density at radius 2 is 1.43 bits per heavy atom. The highest BCUT2D eigenvalue weighted by molar-refractivity contribution is 7.81. The minimum atomic E-state index is -3.41. The van der Waals surface area contributed by atoms with Gasteiger partial charge < -0.3 is 9.05 Å². The number of thiol groups is 1. The van der Waals surface area contributed by atoms with Crippen LogP contribution in [0.15, 0.2) is 23.1 Å². The smallest absolute Gasteiger partial charge is 0.305 e. The van der Waals surface area contributed by atoms with E-state index in [1.54, 1.807) is 0 Å². The molecule has 162 valence electrons. The molecule has 3 nitrogen and oxygen atoms in total. The lowest BCUT2D eigenvalue weighted by molar-refractivity contribution is 0.157. The fraction of sp³-hybridized carbons (Fsp3) is 0.739. The van der Waals surface area contributed by atoms with Crippen molar-refractivity contribution in [1.82, 2.24) is 0 Å². The lowest BCUT2D eigenvalue weighted by Crippen LogP contribution is -2.19. The van der Waals surface area contributed by atoms with Crippen LogP contribution in [0.5, 0.6) is 0 Å². The third-order valence-electron chi connectivity index (χ3n) is 5.47.